The van der Waals surface area contributed by atoms with Crippen molar-refractivity contribution < 1.29 is 9.53 Å². The molecule has 22 heavy (non-hydrogen) atoms. The minimum absolute atomic E-state index is 0.195. The van der Waals surface area contributed by atoms with E-state index in [0.717, 1.165) is 5.56 Å². The summed E-state index contributed by atoms with van der Waals surface area (Å²) in [6.45, 7) is 5.48. The van der Waals surface area contributed by atoms with Gasteiger partial charge in [0.25, 0.3) is 0 Å². The molecule has 1 N–H and O–H groups in total. The van der Waals surface area contributed by atoms with Gasteiger partial charge in [-0.05, 0) is 32.4 Å². The second-order valence-electron chi connectivity index (χ2n) is 5.33. The molecule has 7 heteroatoms. The summed E-state index contributed by atoms with van der Waals surface area (Å²) in [5, 5.41) is 7.33. The van der Waals surface area contributed by atoms with Crippen LogP contribution in [0.1, 0.15) is 32.4 Å². The van der Waals surface area contributed by atoms with Crippen LogP contribution in [-0.2, 0) is 9.53 Å². The molecular weight excluding hydrogens is 282 g/mol. The van der Waals surface area contributed by atoms with Crippen LogP contribution in [0, 0.1) is 0 Å². The Morgan fingerprint density at radius 3 is 2.95 bits per heavy atom. The maximum absolute atomic E-state index is 12.5. The summed E-state index contributed by atoms with van der Waals surface area (Å²) in [4.78, 5) is 20.8. The molecule has 0 fully saturated rings. The number of carbonyl (C=O) groups is 1. The van der Waals surface area contributed by atoms with Crippen molar-refractivity contribution in [3.05, 3.63) is 47.7 Å². The van der Waals surface area contributed by atoms with Gasteiger partial charge in [-0.1, -0.05) is 6.07 Å². The van der Waals surface area contributed by atoms with Gasteiger partial charge in [-0.3, -0.25) is 4.98 Å². The van der Waals surface area contributed by atoms with Crippen molar-refractivity contribution >= 4 is 11.9 Å². The smallest absolute Gasteiger partial charge is 0.338 e. The minimum atomic E-state index is -0.404. The molecule has 1 aliphatic heterocycles. The predicted octanol–water partition coefficient (Wildman–Crippen LogP) is 1.91. The quantitative estimate of drug-likeness (QED) is 0.872. The fraction of sp³-hybridized carbons (Fsp3) is 0.333. The highest BCUT2D eigenvalue weighted by atomic mass is 16.5. The molecule has 3 rings (SSSR count). The molecule has 0 amide bonds. The summed E-state index contributed by atoms with van der Waals surface area (Å²) in [6, 6.07) is 3.33. The highest BCUT2D eigenvalue weighted by molar-refractivity contribution is 5.92. The number of nitrogens with one attached hydrogen (secondary N) is 1. The van der Waals surface area contributed by atoms with Crippen molar-refractivity contribution in [3.63, 3.8) is 0 Å². The molecule has 0 radical (unpaired) electrons. The van der Waals surface area contributed by atoms with Gasteiger partial charge in [0.2, 0.25) is 5.95 Å². The molecule has 114 valence electrons. The fourth-order valence-electron chi connectivity index (χ4n) is 2.48. The number of aromatic nitrogens is 4. The molecule has 2 aromatic heterocycles. The second-order valence-corrected chi connectivity index (χ2v) is 5.33. The number of carbonyl (C=O) groups excluding carboxylic acids is 1. The molecule has 3 heterocycles. The third-order valence-electron chi connectivity index (χ3n) is 3.36. The summed E-state index contributed by atoms with van der Waals surface area (Å²) in [5.74, 6) is 0.224. The number of nitrogens with zero attached hydrogens (tertiary/aromatic N) is 4. The van der Waals surface area contributed by atoms with E-state index in [9.17, 15) is 4.79 Å². The molecule has 0 saturated heterocycles. The van der Waals surface area contributed by atoms with Crippen LogP contribution in [0.4, 0.5) is 5.95 Å². The average molecular weight is 299 g/mol. The Kier molecular flexibility index (Phi) is 3.62. The Morgan fingerprint density at radius 1 is 1.45 bits per heavy atom. The van der Waals surface area contributed by atoms with Crippen LogP contribution >= 0.6 is 0 Å². The zero-order valence-electron chi connectivity index (χ0n) is 12.6. The van der Waals surface area contributed by atoms with Crippen LogP contribution in [-0.4, -0.2) is 31.8 Å². The summed E-state index contributed by atoms with van der Waals surface area (Å²) >= 11 is 0. The van der Waals surface area contributed by atoms with E-state index in [2.05, 4.69) is 20.4 Å². The summed E-state index contributed by atoms with van der Waals surface area (Å²) < 4.78 is 7.05. The van der Waals surface area contributed by atoms with E-state index < -0.39 is 6.04 Å². The van der Waals surface area contributed by atoms with Gasteiger partial charge in [-0.25, -0.2) is 9.48 Å². The van der Waals surface area contributed by atoms with Gasteiger partial charge >= 0.3 is 5.97 Å². The molecule has 2 aromatic rings. The summed E-state index contributed by atoms with van der Waals surface area (Å²) in [6.07, 6.45) is 4.67. The Hall–Kier alpha value is -2.70. The SMILES string of the molecule is CC1=C(C(=O)OC(C)C)[C@H](c2cccnc2)n2ncnc2N1. The fourth-order valence-corrected chi connectivity index (χ4v) is 2.48. The zero-order chi connectivity index (χ0) is 15.7. The molecule has 0 unspecified atom stereocenters. The molecule has 0 aliphatic carbocycles. The van der Waals surface area contributed by atoms with Gasteiger partial charge in [0, 0.05) is 18.1 Å². The van der Waals surface area contributed by atoms with Crippen LogP contribution < -0.4 is 5.32 Å². The Bertz CT molecular complexity index is 721. The Morgan fingerprint density at radius 2 is 2.27 bits per heavy atom. The first-order valence-electron chi connectivity index (χ1n) is 7.06. The van der Waals surface area contributed by atoms with Crippen LogP contribution in [0.3, 0.4) is 0 Å². The van der Waals surface area contributed by atoms with Crippen LogP contribution in [0.15, 0.2) is 42.1 Å². The highest BCUT2D eigenvalue weighted by Crippen LogP contribution is 2.34. The van der Waals surface area contributed by atoms with E-state index in [1.165, 1.54) is 6.33 Å². The third-order valence-corrected chi connectivity index (χ3v) is 3.36. The number of esters is 1. The van der Waals surface area contributed by atoms with E-state index in [1.54, 1.807) is 17.1 Å². The van der Waals surface area contributed by atoms with E-state index >= 15 is 0 Å². The second kappa shape index (κ2) is 5.59. The van der Waals surface area contributed by atoms with E-state index in [-0.39, 0.29) is 12.1 Å². The number of fused-ring (bicyclic) bond motifs is 1. The number of hydrogen-bond acceptors (Lipinski definition) is 6. The Labute approximate surface area is 128 Å². The largest absolute Gasteiger partial charge is 0.459 e. The standard InChI is InChI=1S/C15H17N5O2/c1-9(2)22-14(21)12-10(3)19-15-17-8-18-20(15)13(12)11-5-4-6-16-7-11/h4-9,13H,1-3H3,(H,17,18,19)/t13-/m0/s1. The Balaban J connectivity index is 2.10. The van der Waals surface area contributed by atoms with Crippen molar-refractivity contribution in [3.8, 4) is 0 Å². The molecule has 0 saturated carbocycles. The molecule has 1 atom stereocenters. The number of rotatable bonds is 3. The number of ether oxygens (including phenoxy) is 1. The lowest BCUT2D eigenvalue weighted by molar-refractivity contribution is -0.143. The first-order valence-corrected chi connectivity index (χ1v) is 7.06. The lowest BCUT2D eigenvalue weighted by atomic mass is 9.97. The molecule has 0 bridgehead atoms. The molecule has 0 aromatic carbocycles. The molecule has 0 spiro atoms. The topological polar surface area (TPSA) is 81.9 Å². The predicted molar refractivity (Wildman–Crippen MR) is 79.9 cm³/mol. The highest BCUT2D eigenvalue weighted by Gasteiger charge is 2.34. The first kappa shape index (κ1) is 14.2. The normalized spacial score (nSPS) is 17.2. The van der Waals surface area contributed by atoms with Gasteiger partial charge in [0.05, 0.1) is 11.7 Å². The van der Waals surface area contributed by atoms with Gasteiger partial charge in [0.1, 0.15) is 12.4 Å². The summed E-state index contributed by atoms with van der Waals surface area (Å²) in [7, 11) is 0. The lowest BCUT2D eigenvalue weighted by Gasteiger charge is -2.28. The maximum atomic E-state index is 12.5. The first-order chi connectivity index (χ1) is 10.6. The molecular formula is C15H17N5O2. The number of pyridine rings is 1. The monoisotopic (exact) mass is 299 g/mol. The number of allylic oxidation sites excluding steroid dienone is 1. The number of hydrogen-bond donors (Lipinski definition) is 1. The zero-order valence-corrected chi connectivity index (χ0v) is 12.6. The molecule has 1 aliphatic rings. The van der Waals surface area contributed by atoms with Crippen LogP contribution in [0.25, 0.3) is 0 Å². The van der Waals surface area contributed by atoms with Crippen molar-refractivity contribution in [1.82, 2.24) is 19.7 Å². The van der Waals surface area contributed by atoms with Crippen molar-refractivity contribution in [2.75, 3.05) is 5.32 Å². The van der Waals surface area contributed by atoms with Crippen LogP contribution in [0.5, 0.6) is 0 Å². The minimum Gasteiger partial charge on any atom is -0.459 e. The van der Waals surface area contributed by atoms with E-state index in [1.807, 2.05) is 32.9 Å². The van der Waals surface area contributed by atoms with Crippen LogP contribution in [0.2, 0.25) is 0 Å². The van der Waals surface area contributed by atoms with Crippen molar-refractivity contribution in [1.29, 1.82) is 0 Å². The summed E-state index contributed by atoms with van der Waals surface area (Å²) in [5.41, 5.74) is 2.07. The van der Waals surface area contributed by atoms with Gasteiger partial charge in [-0.2, -0.15) is 10.1 Å². The van der Waals surface area contributed by atoms with Gasteiger partial charge < -0.3 is 10.1 Å². The maximum Gasteiger partial charge on any atom is 0.338 e. The van der Waals surface area contributed by atoms with E-state index in [0.29, 0.717) is 17.2 Å². The number of anilines is 1. The van der Waals surface area contributed by atoms with Gasteiger partial charge in [-0.15, -0.1) is 0 Å². The molecule has 7 nitrogen and oxygen atoms in total. The van der Waals surface area contributed by atoms with Crippen molar-refractivity contribution in [2.45, 2.75) is 32.9 Å². The lowest BCUT2D eigenvalue weighted by Crippen LogP contribution is -2.30. The third kappa shape index (κ3) is 2.45. The average Bonchev–Trinajstić information content (AvgIpc) is 2.93. The van der Waals surface area contributed by atoms with E-state index in [4.69, 9.17) is 4.74 Å². The van der Waals surface area contributed by atoms with Gasteiger partial charge in [0.15, 0.2) is 0 Å². The van der Waals surface area contributed by atoms with Crippen molar-refractivity contribution in [2.24, 2.45) is 0 Å².